The second-order valence-corrected chi connectivity index (χ2v) is 12.9. The number of hydrogen-bond donors (Lipinski definition) is 3. The lowest BCUT2D eigenvalue weighted by molar-refractivity contribution is -0.264. The Kier molecular flexibility index (Phi) is 12.7. The minimum absolute atomic E-state index is 0.0738. The van der Waals surface area contributed by atoms with Crippen LogP contribution in [0.3, 0.4) is 0 Å². The van der Waals surface area contributed by atoms with Crippen molar-refractivity contribution in [3.8, 4) is 0 Å². The number of aryl methyl sites for hydroxylation is 1. The zero-order valence-electron chi connectivity index (χ0n) is 22.3. The van der Waals surface area contributed by atoms with Crippen molar-refractivity contribution < 1.29 is 62.4 Å². The monoisotopic (exact) mass is 632 g/mol. The maximum absolute atomic E-state index is 13.3. The molecule has 40 heavy (non-hydrogen) atoms. The average molecular weight is 633 g/mol. The number of carboxylic acid groups (broad SMARTS) is 1. The molecular weight excluding hydrogens is 602 g/mol. The van der Waals surface area contributed by atoms with E-state index in [0.29, 0.717) is 30.6 Å². The van der Waals surface area contributed by atoms with Crippen LogP contribution in [0.1, 0.15) is 36.0 Å². The molecule has 2 aromatic rings. The van der Waals surface area contributed by atoms with Crippen LogP contribution in [0.5, 0.6) is 0 Å². The maximum Gasteiger partial charge on any atom is 0.428 e. The van der Waals surface area contributed by atoms with Gasteiger partial charge in [0.25, 0.3) is 5.08 Å². The fraction of sp³-hybridized carbons (Fsp3) is 0.524. The Balaban J connectivity index is 2.16. The minimum atomic E-state index is -4.93. The Hall–Kier alpha value is -1.91. The summed E-state index contributed by atoms with van der Waals surface area (Å²) in [6.45, 7) is 0.354. The summed E-state index contributed by atoms with van der Waals surface area (Å²) in [5.74, 6) is -1.34. The quantitative estimate of drug-likeness (QED) is 0.0912. The van der Waals surface area contributed by atoms with E-state index in [2.05, 4.69) is 43.6 Å². The summed E-state index contributed by atoms with van der Waals surface area (Å²) in [6, 6.07) is 3.00. The number of aromatic nitrogens is 1. The molecule has 0 fully saturated rings. The molecule has 0 saturated carbocycles. The number of aliphatic hydroxyl groups is 1. The third-order valence-corrected chi connectivity index (χ3v) is 10.9. The molecule has 1 heterocycles. The highest BCUT2D eigenvalue weighted by atomic mass is 35.5. The lowest BCUT2D eigenvalue weighted by Gasteiger charge is -2.34. The SMILES string of the molecule is COOP(=O)(OOC)C(O)(CCCCCNc1cc2c(cc1Cl)c(=O)c(C(=O)O)cn2C)P(=O)(OOC)OOC. The highest BCUT2D eigenvalue weighted by Crippen LogP contribution is 2.78. The number of anilines is 1. The molecule has 0 saturated heterocycles. The Labute approximate surface area is 233 Å². The van der Waals surface area contributed by atoms with Gasteiger partial charge in [0.2, 0.25) is 5.43 Å². The van der Waals surface area contributed by atoms with Crippen LogP contribution < -0.4 is 10.7 Å². The number of carboxylic acids is 1. The second-order valence-electron chi connectivity index (χ2n) is 8.11. The van der Waals surface area contributed by atoms with E-state index < -0.39 is 38.1 Å². The van der Waals surface area contributed by atoms with Gasteiger partial charge in [0.15, 0.2) is 0 Å². The largest absolute Gasteiger partial charge is 0.477 e. The molecule has 0 bridgehead atoms. The lowest BCUT2D eigenvalue weighted by Crippen LogP contribution is -2.33. The van der Waals surface area contributed by atoms with Crippen molar-refractivity contribution in [2.24, 2.45) is 7.05 Å². The number of benzene rings is 1. The van der Waals surface area contributed by atoms with Gasteiger partial charge in [-0.2, -0.15) is 0 Å². The lowest BCUT2D eigenvalue weighted by atomic mass is 10.1. The Morgan fingerprint density at radius 3 is 1.98 bits per heavy atom. The van der Waals surface area contributed by atoms with Crippen LogP contribution in [0.15, 0.2) is 23.1 Å². The van der Waals surface area contributed by atoms with Crippen LogP contribution in [0, 0.1) is 0 Å². The molecule has 0 aliphatic carbocycles. The number of nitrogens with one attached hydrogen (secondary N) is 1. The first-order valence-corrected chi connectivity index (χ1v) is 14.9. The number of carbonyl (C=O) groups is 1. The van der Waals surface area contributed by atoms with Crippen molar-refractivity contribution in [2.45, 2.75) is 30.8 Å². The second kappa shape index (κ2) is 14.8. The number of fused-ring (bicyclic) bond motifs is 1. The predicted octanol–water partition coefficient (Wildman–Crippen LogP) is 4.21. The molecule has 0 aliphatic heterocycles. The number of hydrogen-bond acceptors (Lipinski definition) is 14. The van der Waals surface area contributed by atoms with E-state index in [1.807, 2.05) is 0 Å². The molecule has 19 heteroatoms. The van der Waals surface area contributed by atoms with Gasteiger partial charge >= 0.3 is 21.2 Å². The third-order valence-electron chi connectivity index (χ3n) is 5.58. The Morgan fingerprint density at radius 1 is 0.975 bits per heavy atom. The van der Waals surface area contributed by atoms with Crippen LogP contribution in [0.25, 0.3) is 10.9 Å². The fourth-order valence-corrected chi connectivity index (χ4v) is 7.76. The van der Waals surface area contributed by atoms with Gasteiger partial charge in [0, 0.05) is 31.6 Å². The van der Waals surface area contributed by atoms with Crippen LogP contribution in [-0.4, -0.2) is 60.8 Å². The van der Waals surface area contributed by atoms with Crippen molar-refractivity contribution in [1.29, 1.82) is 0 Å². The topological polar surface area (TPSA) is 200 Å². The molecule has 0 aliphatic rings. The number of halogens is 1. The van der Waals surface area contributed by atoms with E-state index in [9.17, 15) is 28.9 Å². The molecule has 0 amide bonds. The van der Waals surface area contributed by atoms with Gasteiger partial charge in [0.05, 0.1) is 44.7 Å². The highest BCUT2D eigenvalue weighted by molar-refractivity contribution is 7.73. The van der Waals surface area contributed by atoms with E-state index in [0.717, 1.165) is 28.4 Å². The number of pyridine rings is 1. The predicted molar refractivity (Wildman–Crippen MR) is 141 cm³/mol. The minimum Gasteiger partial charge on any atom is -0.477 e. The molecule has 3 N–H and O–H groups in total. The molecule has 2 rings (SSSR count). The van der Waals surface area contributed by atoms with Gasteiger partial charge in [-0.05, 0) is 25.0 Å². The molecule has 0 spiro atoms. The molecule has 0 atom stereocenters. The van der Waals surface area contributed by atoms with Crippen LogP contribution in [-0.2, 0) is 54.4 Å². The summed E-state index contributed by atoms with van der Waals surface area (Å²) in [4.78, 5) is 41.5. The summed E-state index contributed by atoms with van der Waals surface area (Å²) in [5.41, 5.74) is -0.0758. The summed E-state index contributed by atoms with van der Waals surface area (Å²) in [6.07, 6.45) is 1.59. The van der Waals surface area contributed by atoms with Crippen LogP contribution in [0.2, 0.25) is 5.02 Å². The molecule has 0 radical (unpaired) electrons. The molecule has 1 aromatic carbocycles. The first-order chi connectivity index (χ1) is 18.8. The van der Waals surface area contributed by atoms with Crippen molar-refractivity contribution >= 4 is 49.4 Å². The first kappa shape index (κ1) is 34.3. The summed E-state index contributed by atoms with van der Waals surface area (Å²) in [7, 11) is -4.38. The molecule has 226 valence electrons. The van der Waals surface area contributed by atoms with Crippen molar-refractivity contribution in [3.63, 3.8) is 0 Å². The smallest absolute Gasteiger partial charge is 0.428 e. The zero-order valence-corrected chi connectivity index (χ0v) is 24.8. The third kappa shape index (κ3) is 7.29. The van der Waals surface area contributed by atoms with Gasteiger partial charge < -0.3 is 20.1 Å². The fourth-order valence-electron chi connectivity index (χ4n) is 3.76. The summed E-state index contributed by atoms with van der Waals surface area (Å²) < 4.78 is 46.7. The summed E-state index contributed by atoms with van der Waals surface area (Å²) >= 11 is 6.32. The highest BCUT2D eigenvalue weighted by Gasteiger charge is 2.68. The molecule has 1 aromatic heterocycles. The maximum atomic E-state index is 13.3. The van der Waals surface area contributed by atoms with Crippen molar-refractivity contribution in [2.75, 3.05) is 40.3 Å². The molecule has 16 nitrogen and oxygen atoms in total. The Morgan fingerprint density at radius 2 is 1.50 bits per heavy atom. The van der Waals surface area contributed by atoms with E-state index in [1.165, 1.54) is 16.8 Å². The Bertz CT molecular complexity index is 1290. The van der Waals surface area contributed by atoms with Crippen LogP contribution >= 0.6 is 26.8 Å². The summed E-state index contributed by atoms with van der Waals surface area (Å²) in [5, 5.41) is 21.0. The number of rotatable bonds is 18. The van der Waals surface area contributed by atoms with E-state index in [-0.39, 0.29) is 22.4 Å². The zero-order chi connectivity index (χ0) is 30.1. The normalized spacial score (nSPS) is 12.7. The first-order valence-electron chi connectivity index (χ1n) is 11.5. The molecular formula is C21H31ClN2O14P2. The number of aromatic carboxylic acids is 1. The van der Waals surface area contributed by atoms with Gasteiger partial charge in [0.1, 0.15) is 5.56 Å². The van der Waals surface area contributed by atoms with Gasteiger partial charge in [-0.25, -0.2) is 24.3 Å². The van der Waals surface area contributed by atoms with E-state index in [1.54, 1.807) is 13.1 Å². The van der Waals surface area contributed by atoms with Crippen molar-refractivity contribution in [3.05, 3.63) is 39.1 Å². The van der Waals surface area contributed by atoms with Gasteiger partial charge in [-0.1, -0.05) is 18.0 Å². The van der Waals surface area contributed by atoms with Crippen LogP contribution in [0.4, 0.5) is 5.69 Å². The van der Waals surface area contributed by atoms with Gasteiger partial charge in [-0.15, -0.1) is 18.7 Å². The standard InChI is InChI=1S/C21H31ClN2O14P2/c1-24-13-15(20(26)27)19(25)14-11-16(22)17(12-18(14)24)23-10-8-6-7-9-21(28,39(29,35-31-2)36-32-3)40(30,37-33-4)38-34-5/h11-13,23,28H,6-10H2,1-5H3,(H,26,27). The average Bonchev–Trinajstić information content (AvgIpc) is 2.88. The van der Waals surface area contributed by atoms with E-state index in [4.69, 9.17) is 11.6 Å². The van der Waals surface area contributed by atoms with Crippen molar-refractivity contribution in [1.82, 2.24) is 4.57 Å². The number of nitrogens with zero attached hydrogens (tertiary/aromatic N) is 1. The van der Waals surface area contributed by atoms with Gasteiger partial charge in [-0.3, -0.25) is 13.9 Å². The van der Waals surface area contributed by atoms with E-state index >= 15 is 0 Å². The molecule has 0 unspecified atom stereocenters. The number of unbranched alkanes of at least 4 members (excludes halogenated alkanes) is 2.